The van der Waals surface area contributed by atoms with Crippen LogP contribution < -0.4 is 0 Å². The summed E-state index contributed by atoms with van der Waals surface area (Å²) in [5.74, 6) is -0.296. The average molecular weight is 463 g/mol. The normalized spacial score (nSPS) is 22.6. The van der Waals surface area contributed by atoms with Crippen molar-refractivity contribution in [2.45, 2.75) is 44.4 Å². The van der Waals surface area contributed by atoms with Crippen molar-refractivity contribution in [3.05, 3.63) is 108 Å². The zero-order valence-electron chi connectivity index (χ0n) is 19.2. The first kappa shape index (κ1) is 24.3. The molecule has 6 nitrogen and oxygen atoms in total. The van der Waals surface area contributed by atoms with Crippen LogP contribution in [0.4, 0.5) is 0 Å². The van der Waals surface area contributed by atoms with E-state index in [1.807, 2.05) is 91.0 Å². The number of benzene rings is 3. The van der Waals surface area contributed by atoms with E-state index in [4.69, 9.17) is 23.7 Å². The van der Waals surface area contributed by atoms with E-state index in [2.05, 4.69) is 0 Å². The van der Waals surface area contributed by atoms with Crippen LogP contribution >= 0.6 is 0 Å². The smallest absolute Gasteiger partial charge is 0.220 e. The van der Waals surface area contributed by atoms with E-state index in [0.29, 0.717) is 13.2 Å². The Morgan fingerprint density at radius 3 is 1.74 bits per heavy atom. The quantitative estimate of drug-likeness (QED) is 0.423. The van der Waals surface area contributed by atoms with Gasteiger partial charge in [0.05, 0.1) is 26.4 Å². The van der Waals surface area contributed by atoms with E-state index < -0.39 is 24.6 Å². The van der Waals surface area contributed by atoms with Gasteiger partial charge >= 0.3 is 0 Å². The zero-order valence-corrected chi connectivity index (χ0v) is 19.2. The molecule has 0 aromatic heterocycles. The molecule has 34 heavy (non-hydrogen) atoms. The first-order valence-electron chi connectivity index (χ1n) is 11.4. The first-order chi connectivity index (χ1) is 16.7. The second-order valence-electron chi connectivity index (χ2n) is 8.12. The van der Waals surface area contributed by atoms with Gasteiger partial charge in [-0.2, -0.15) is 0 Å². The molecule has 4 atom stereocenters. The molecular formula is C28H30O6. The van der Waals surface area contributed by atoms with Gasteiger partial charge in [-0.25, -0.2) is 0 Å². The summed E-state index contributed by atoms with van der Waals surface area (Å²) in [5, 5.41) is 0. The predicted octanol–water partition coefficient (Wildman–Crippen LogP) is 4.31. The Kier molecular flexibility index (Phi) is 8.96. The van der Waals surface area contributed by atoms with Gasteiger partial charge in [-0.05, 0) is 16.7 Å². The monoisotopic (exact) mass is 462 g/mol. The third-order valence-electron chi connectivity index (χ3n) is 5.64. The Morgan fingerprint density at radius 1 is 0.706 bits per heavy atom. The Bertz CT molecular complexity index is 995. The number of Topliss-reactive ketones (excluding diaryl/α,β-unsaturated/α-hetero) is 1. The molecule has 1 aliphatic rings. The summed E-state index contributed by atoms with van der Waals surface area (Å²) < 4.78 is 29.6. The van der Waals surface area contributed by atoms with Crippen molar-refractivity contribution in [2.75, 3.05) is 13.7 Å². The summed E-state index contributed by atoms with van der Waals surface area (Å²) in [6.45, 7) is 1.25. The van der Waals surface area contributed by atoms with Gasteiger partial charge in [0.2, 0.25) is 12.1 Å². The fourth-order valence-electron chi connectivity index (χ4n) is 3.87. The molecule has 0 bridgehead atoms. The van der Waals surface area contributed by atoms with Gasteiger partial charge in [0.1, 0.15) is 12.2 Å². The largest absolute Gasteiger partial charge is 0.374 e. The molecule has 0 spiro atoms. The fraction of sp³-hybridized carbons (Fsp3) is 0.321. The summed E-state index contributed by atoms with van der Waals surface area (Å²) >= 11 is 0. The highest BCUT2D eigenvalue weighted by molar-refractivity contribution is 5.87. The van der Waals surface area contributed by atoms with Gasteiger partial charge in [-0.1, -0.05) is 91.0 Å². The lowest BCUT2D eigenvalue weighted by Gasteiger charge is -2.39. The summed E-state index contributed by atoms with van der Waals surface area (Å²) in [4.78, 5) is 13.1. The number of ketones is 1. The van der Waals surface area contributed by atoms with Gasteiger partial charge in [-0.15, -0.1) is 0 Å². The summed E-state index contributed by atoms with van der Waals surface area (Å²) in [7, 11) is 1.45. The Morgan fingerprint density at radius 2 is 1.21 bits per heavy atom. The van der Waals surface area contributed by atoms with Crippen molar-refractivity contribution in [3.8, 4) is 0 Å². The van der Waals surface area contributed by atoms with Crippen molar-refractivity contribution >= 4 is 5.78 Å². The molecule has 1 fully saturated rings. The van der Waals surface area contributed by atoms with Crippen LogP contribution in [0.1, 0.15) is 16.7 Å². The lowest BCUT2D eigenvalue weighted by atomic mass is 9.99. The van der Waals surface area contributed by atoms with E-state index in [9.17, 15) is 4.79 Å². The van der Waals surface area contributed by atoms with E-state index in [1.54, 1.807) is 0 Å². The lowest BCUT2D eigenvalue weighted by Crippen LogP contribution is -2.58. The molecule has 0 N–H and O–H groups in total. The minimum Gasteiger partial charge on any atom is -0.374 e. The molecule has 3 aromatic rings. The van der Waals surface area contributed by atoms with Crippen LogP contribution in [0.15, 0.2) is 91.0 Å². The summed E-state index contributed by atoms with van der Waals surface area (Å²) in [6.07, 6.45) is -3.09. The number of carbonyl (C=O) groups is 1. The van der Waals surface area contributed by atoms with Crippen LogP contribution in [0.5, 0.6) is 0 Å². The maximum Gasteiger partial charge on any atom is 0.220 e. The molecule has 1 saturated heterocycles. The van der Waals surface area contributed by atoms with Crippen LogP contribution in [0.25, 0.3) is 0 Å². The zero-order chi connectivity index (χ0) is 23.6. The van der Waals surface area contributed by atoms with Gasteiger partial charge in [0.15, 0.2) is 6.10 Å². The van der Waals surface area contributed by atoms with Crippen molar-refractivity contribution in [1.82, 2.24) is 0 Å². The Labute approximate surface area is 200 Å². The second-order valence-corrected chi connectivity index (χ2v) is 8.12. The molecular weight excluding hydrogens is 432 g/mol. The molecule has 3 aromatic carbocycles. The molecule has 1 heterocycles. The number of hydrogen-bond acceptors (Lipinski definition) is 6. The third kappa shape index (κ3) is 6.59. The maximum absolute atomic E-state index is 13.1. The van der Waals surface area contributed by atoms with E-state index in [1.165, 1.54) is 7.11 Å². The first-order valence-corrected chi connectivity index (χ1v) is 11.4. The number of methoxy groups -OCH3 is 1. The van der Waals surface area contributed by atoms with Gasteiger partial charge in [-0.3, -0.25) is 4.79 Å². The number of hydrogen-bond donors (Lipinski definition) is 0. The minimum absolute atomic E-state index is 0.229. The topological polar surface area (TPSA) is 63.2 Å². The van der Waals surface area contributed by atoms with E-state index in [0.717, 1.165) is 16.7 Å². The van der Waals surface area contributed by atoms with E-state index in [-0.39, 0.29) is 19.0 Å². The highest BCUT2D eigenvalue weighted by Crippen LogP contribution is 2.26. The molecule has 1 aliphatic heterocycles. The van der Waals surface area contributed by atoms with Crippen molar-refractivity contribution < 1.29 is 28.5 Å². The second kappa shape index (κ2) is 12.6. The van der Waals surface area contributed by atoms with Crippen LogP contribution in [0, 0.1) is 0 Å². The highest BCUT2D eigenvalue weighted by Gasteiger charge is 2.47. The summed E-state index contributed by atoms with van der Waals surface area (Å²) in [5.41, 5.74) is 3.01. The average Bonchev–Trinajstić information content (AvgIpc) is 2.89. The fourth-order valence-corrected chi connectivity index (χ4v) is 3.87. The number of ether oxygens (including phenoxy) is 5. The predicted molar refractivity (Wildman–Crippen MR) is 127 cm³/mol. The summed E-state index contributed by atoms with van der Waals surface area (Å²) in [6, 6.07) is 29.4. The van der Waals surface area contributed by atoms with Crippen LogP contribution in [0.2, 0.25) is 0 Å². The minimum atomic E-state index is -1.04. The third-order valence-corrected chi connectivity index (χ3v) is 5.64. The molecule has 4 rings (SSSR count). The maximum atomic E-state index is 13.1. The van der Waals surface area contributed by atoms with Crippen molar-refractivity contribution in [2.24, 2.45) is 0 Å². The molecule has 6 heteroatoms. The molecule has 0 unspecified atom stereocenters. The Balaban J connectivity index is 1.49. The van der Waals surface area contributed by atoms with Crippen LogP contribution in [-0.2, 0) is 48.3 Å². The van der Waals surface area contributed by atoms with Crippen molar-refractivity contribution in [3.63, 3.8) is 0 Å². The number of carbonyl (C=O) groups excluding carboxylic acids is 1. The molecule has 0 saturated carbocycles. The van der Waals surface area contributed by atoms with Gasteiger partial charge in [0, 0.05) is 7.11 Å². The molecule has 0 amide bonds. The molecule has 0 aliphatic carbocycles. The van der Waals surface area contributed by atoms with E-state index >= 15 is 0 Å². The SMILES string of the molecule is CO[C@H]1O[C@H](COCc2ccccc2)[C@@H](OCc2ccccc2)[C@H](OCc2ccccc2)C1=O. The van der Waals surface area contributed by atoms with Gasteiger partial charge < -0.3 is 23.7 Å². The van der Waals surface area contributed by atoms with Crippen LogP contribution in [0.3, 0.4) is 0 Å². The highest BCUT2D eigenvalue weighted by atomic mass is 16.7. The van der Waals surface area contributed by atoms with Crippen molar-refractivity contribution in [1.29, 1.82) is 0 Å². The Hall–Kier alpha value is -2.87. The molecule has 178 valence electrons. The lowest BCUT2D eigenvalue weighted by molar-refractivity contribution is -0.252. The number of rotatable bonds is 11. The van der Waals surface area contributed by atoms with Gasteiger partial charge in [0.25, 0.3) is 0 Å². The molecule has 0 radical (unpaired) electrons. The van der Waals surface area contributed by atoms with Crippen LogP contribution in [-0.4, -0.2) is 44.1 Å². The standard InChI is InChI=1S/C28H30O6/c1-30-28-25(29)27(33-19-23-15-9-4-10-16-23)26(32-18-22-13-7-3-8-14-22)24(34-28)20-31-17-21-11-5-2-6-12-21/h2-16,24,26-28H,17-20H2,1H3/t24-,26-,27-,28+/m1/s1.